The molecule has 1 atom stereocenters. The quantitative estimate of drug-likeness (QED) is 0.875. The van der Waals surface area contributed by atoms with Crippen LogP contribution in [0.3, 0.4) is 0 Å². The number of aliphatic hydroxyl groups excluding tert-OH is 1. The Morgan fingerprint density at radius 1 is 1.50 bits per heavy atom. The van der Waals surface area contributed by atoms with Crippen molar-refractivity contribution in [3.8, 4) is 0 Å². The smallest absolute Gasteiger partial charge is 0.0803 e. The average Bonchev–Trinajstić information content (AvgIpc) is 2.87. The predicted octanol–water partition coefficient (Wildman–Crippen LogP) is 3.59. The van der Waals surface area contributed by atoms with Gasteiger partial charge in [0.2, 0.25) is 0 Å². The summed E-state index contributed by atoms with van der Waals surface area (Å²) in [4.78, 5) is 0. The number of hydrogen-bond donors (Lipinski definition) is 1. The van der Waals surface area contributed by atoms with E-state index in [1.165, 1.54) is 18.4 Å². The number of aliphatic hydroxyl groups is 1. The molecule has 0 aromatic heterocycles. The van der Waals surface area contributed by atoms with Gasteiger partial charge in [-0.15, -0.1) is 0 Å². The van der Waals surface area contributed by atoms with Crippen LogP contribution >= 0.6 is 15.9 Å². The lowest BCUT2D eigenvalue weighted by molar-refractivity contribution is 0.159. The Labute approximate surface area is 93.3 Å². The van der Waals surface area contributed by atoms with E-state index < -0.39 is 0 Å². The molecule has 76 valence electrons. The Hall–Kier alpha value is -0.340. The summed E-state index contributed by atoms with van der Waals surface area (Å²) in [5.41, 5.74) is 2.25. The molecule has 1 aromatic rings. The third-order valence-electron chi connectivity index (χ3n) is 2.77. The number of aryl methyl sites for hydroxylation is 1. The molecule has 2 heteroatoms. The molecule has 0 heterocycles. The Bertz CT molecular complexity index is 331. The molecule has 1 fully saturated rings. The first-order valence-corrected chi connectivity index (χ1v) is 5.90. The van der Waals surface area contributed by atoms with E-state index in [0.717, 1.165) is 22.4 Å². The molecule has 0 amide bonds. The normalized spacial score (nSPS) is 18.2. The molecule has 1 aromatic carbocycles. The topological polar surface area (TPSA) is 20.2 Å². The zero-order valence-electron chi connectivity index (χ0n) is 8.33. The summed E-state index contributed by atoms with van der Waals surface area (Å²) in [5.74, 6) is 0.762. The summed E-state index contributed by atoms with van der Waals surface area (Å²) in [5, 5.41) is 9.97. The van der Waals surface area contributed by atoms with Crippen molar-refractivity contribution in [3.63, 3.8) is 0 Å². The molecule has 0 spiro atoms. The van der Waals surface area contributed by atoms with E-state index in [2.05, 4.69) is 35.0 Å². The molecular weight excluding hydrogens is 240 g/mol. The Morgan fingerprint density at radius 2 is 2.21 bits per heavy atom. The SMILES string of the molecule is Cc1ccc([C@H](O)CC2CC2)c(Br)c1. The minimum Gasteiger partial charge on any atom is -0.388 e. The molecule has 0 unspecified atom stereocenters. The van der Waals surface area contributed by atoms with Gasteiger partial charge in [0.15, 0.2) is 0 Å². The van der Waals surface area contributed by atoms with Crippen LogP contribution in [0.5, 0.6) is 0 Å². The second kappa shape index (κ2) is 4.03. The summed E-state index contributed by atoms with van der Waals surface area (Å²) in [6, 6.07) is 6.13. The fourth-order valence-corrected chi connectivity index (χ4v) is 2.46. The zero-order chi connectivity index (χ0) is 10.1. The minimum atomic E-state index is -0.294. The molecule has 1 aliphatic carbocycles. The highest BCUT2D eigenvalue weighted by atomic mass is 79.9. The van der Waals surface area contributed by atoms with E-state index in [1.54, 1.807) is 0 Å². The van der Waals surface area contributed by atoms with E-state index in [9.17, 15) is 5.11 Å². The standard InChI is InChI=1S/C12H15BrO/c1-8-2-5-10(11(13)6-8)12(14)7-9-3-4-9/h2,5-6,9,12,14H,3-4,7H2,1H3/t12-/m1/s1. The van der Waals surface area contributed by atoms with Crippen molar-refractivity contribution in [3.05, 3.63) is 33.8 Å². The number of halogens is 1. The van der Waals surface area contributed by atoms with E-state index >= 15 is 0 Å². The van der Waals surface area contributed by atoms with Crippen molar-refractivity contribution >= 4 is 15.9 Å². The van der Waals surface area contributed by atoms with E-state index in [1.807, 2.05) is 6.07 Å². The maximum atomic E-state index is 9.97. The van der Waals surface area contributed by atoms with Gasteiger partial charge in [0, 0.05) is 4.47 Å². The first-order chi connectivity index (χ1) is 6.66. The lowest BCUT2D eigenvalue weighted by atomic mass is 10.0. The van der Waals surface area contributed by atoms with E-state index in [4.69, 9.17) is 0 Å². The molecule has 1 aliphatic rings. The van der Waals surface area contributed by atoms with Gasteiger partial charge in [-0.05, 0) is 36.5 Å². The van der Waals surface area contributed by atoms with Crippen molar-refractivity contribution in [1.29, 1.82) is 0 Å². The molecule has 0 bridgehead atoms. The van der Waals surface area contributed by atoms with Crippen molar-refractivity contribution in [2.24, 2.45) is 5.92 Å². The van der Waals surface area contributed by atoms with Gasteiger partial charge in [0.25, 0.3) is 0 Å². The Kier molecular flexibility index (Phi) is 2.93. The summed E-state index contributed by atoms with van der Waals surface area (Å²) in [6.45, 7) is 2.06. The van der Waals surface area contributed by atoms with Crippen LogP contribution in [0.4, 0.5) is 0 Å². The van der Waals surface area contributed by atoms with Gasteiger partial charge in [-0.25, -0.2) is 0 Å². The van der Waals surface area contributed by atoms with Crippen LogP contribution in [0.1, 0.15) is 36.5 Å². The van der Waals surface area contributed by atoms with Crippen molar-refractivity contribution in [2.75, 3.05) is 0 Å². The molecule has 1 nitrogen and oxygen atoms in total. The maximum Gasteiger partial charge on any atom is 0.0803 e. The molecule has 0 radical (unpaired) electrons. The highest BCUT2D eigenvalue weighted by Crippen LogP contribution is 2.39. The first-order valence-electron chi connectivity index (χ1n) is 5.11. The van der Waals surface area contributed by atoms with E-state index in [-0.39, 0.29) is 6.10 Å². The second-order valence-electron chi connectivity index (χ2n) is 4.22. The third-order valence-corrected chi connectivity index (χ3v) is 3.46. The number of benzene rings is 1. The van der Waals surface area contributed by atoms with Gasteiger partial charge < -0.3 is 5.11 Å². The molecule has 0 aliphatic heterocycles. The molecule has 2 rings (SSSR count). The largest absolute Gasteiger partial charge is 0.388 e. The van der Waals surface area contributed by atoms with Crippen molar-refractivity contribution < 1.29 is 5.11 Å². The molecule has 14 heavy (non-hydrogen) atoms. The molecule has 1 saturated carbocycles. The van der Waals surface area contributed by atoms with Gasteiger partial charge >= 0.3 is 0 Å². The summed E-state index contributed by atoms with van der Waals surface area (Å²) < 4.78 is 1.03. The second-order valence-corrected chi connectivity index (χ2v) is 5.07. The molecule has 0 saturated heterocycles. The Morgan fingerprint density at radius 3 is 2.79 bits per heavy atom. The van der Waals surface area contributed by atoms with Crippen LogP contribution in [0.2, 0.25) is 0 Å². The summed E-state index contributed by atoms with van der Waals surface area (Å²) >= 11 is 3.50. The molecule has 1 N–H and O–H groups in total. The third kappa shape index (κ3) is 2.37. The van der Waals surface area contributed by atoms with Gasteiger partial charge in [-0.2, -0.15) is 0 Å². The highest BCUT2D eigenvalue weighted by molar-refractivity contribution is 9.10. The highest BCUT2D eigenvalue weighted by Gasteiger charge is 2.25. The van der Waals surface area contributed by atoms with Crippen LogP contribution in [0.15, 0.2) is 22.7 Å². The van der Waals surface area contributed by atoms with E-state index in [0.29, 0.717) is 0 Å². The molecular formula is C12H15BrO. The lowest BCUT2D eigenvalue weighted by Crippen LogP contribution is -1.99. The monoisotopic (exact) mass is 254 g/mol. The first kappa shape index (κ1) is 10.2. The predicted molar refractivity (Wildman–Crippen MR) is 61.2 cm³/mol. The van der Waals surface area contributed by atoms with Gasteiger partial charge in [-0.1, -0.05) is 40.9 Å². The minimum absolute atomic E-state index is 0.294. The van der Waals surface area contributed by atoms with Crippen LogP contribution in [0, 0.1) is 12.8 Å². The van der Waals surface area contributed by atoms with Gasteiger partial charge in [0.05, 0.1) is 6.10 Å². The van der Waals surface area contributed by atoms with Crippen molar-refractivity contribution in [1.82, 2.24) is 0 Å². The van der Waals surface area contributed by atoms with Gasteiger partial charge in [-0.3, -0.25) is 0 Å². The number of rotatable bonds is 3. The zero-order valence-corrected chi connectivity index (χ0v) is 9.92. The Balaban J connectivity index is 2.13. The van der Waals surface area contributed by atoms with Crippen molar-refractivity contribution in [2.45, 2.75) is 32.3 Å². The van der Waals surface area contributed by atoms with Crippen LogP contribution < -0.4 is 0 Å². The van der Waals surface area contributed by atoms with Gasteiger partial charge in [0.1, 0.15) is 0 Å². The summed E-state index contributed by atoms with van der Waals surface area (Å²) in [7, 11) is 0. The maximum absolute atomic E-state index is 9.97. The average molecular weight is 255 g/mol. The van der Waals surface area contributed by atoms with Crippen LogP contribution in [-0.2, 0) is 0 Å². The lowest BCUT2D eigenvalue weighted by Gasteiger charge is -2.12. The fraction of sp³-hybridized carbons (Fsp3) is 0.500. The van der Waals surface area contributed by atoms with Crippen LogP contribution in [-0.4, -0.2) is 5.11 Å². The fourth-order valence-electron chi connectivity index (χ4n) is 1.70. The number of hydrogen-bond acceptors (Lipinski definition) is 1. The summed E-state index contributed by atoms with van der Waals surface area (Å²) in [6.07, 6.45) is 3.21. The van der Waals surface area contributed by atoms with Crippen LogP contribution in [0.25, 0.3) is 0 Å².